The van der Waals surface area contributed by atoms with Crippen LogP contribution in [0.25, 0.3) is 0 Å². The fraction of sp³-hybridized carbons (Fsp3) is 0.250. The van der Waals surface area contributed by atoms with Crippen LogP contribution in [0.1, 0.15) is 18.4 Å². The van der Waals surface area contributed by atoms with Crippen molar-refractivity contribution in [3.05, 3.63) is 77.4 Å². The van der Waals surface area contributed by atoms with Gasteiger partial charge in [-0.15, -0.1) is 4.99 Å². The third-order valence-electron chi connectivity index (χ3n) is 5.58. The minimum atomic E-state index is -4.36. The highest BCUT2D eigenvalue weighted by molar-refractivity contribution is 14.2. The predicted octanol–water partition coefficient (Wildman–Crippen LogP) is 7.32. The molecule has 0 saturated carbocycles. The van der Waals surface area contributed by atoms with Gasteiger partial charge in [0.1, 0.15) is 11.5 Å². The van der Waals surface area contributed by atoms with Crippen LogP contribution in [-0.2, 0) is 0 Å². The van der Waals surface area contributed by atoms with E-state index in [1.54, 1.807) is 12.1 Å². The normalized spacial score (nSPS) is 19.6. The van der Waals surface area contributed by atoms with Crippen LogP contribution in [0.5, 0.6) is 11.5 Å². The number of aliphatic imine (C=N–C) groups is 1. The monoisotopic (exact) mass is 596 g/mol. The maximum atomic E-state index is 13.4. The number of guanidine groups is 1. The lowest BCUT2D eigenvalue weighted by molar-refractivity contribution is -0.0941. The molecule has 1 saturated heterocycles. The smallest absolute Gasteiger partial charge is 0.412 e. The first kappa shape index (κ1) is 24.5. The summed E-state index contributed by atoms with van der Waals surface area (Å²) in [4.78, 5) is 5.80. The molecule has 0 spiro atoms. The number of rotatable bonds is 5. The highest BCUT2D eigenvalue weighted by atomic mass is 127. The van der Waals surface area contributed by atoms with Gasteiger partial charge in [-0.25, -0.2) is 0 Å². The zero-order valence-electron chi connectivity index (χ0n) is 18.1. The molecule has 4 rings (SSSR count). The zero-order chi connectivity index (χ0) is 24.3. The summed E-state index contributed by atoms with van der Waals surface area (Å²) in [6, 6.07) is 14.5. The Morgan fingerprint density at radius 1 is 1.12 bits per heavy atom. The highest BCUT2D eigenvalue weighted by Crippen LogP contribution is 2.39. The third kappa shape index (κ3) is 5.36. The molecule has 1 heterocycles. The molecule has 1 unspecified atom stereocenters. The van der Waals surface area contributed by atoms with Crippen LogP contribution in [0, 0.1) is 18.4 Å². The van der Waals surface area contributed by atoms with Crippen LogP contribution >= 0.6 is 30.3 Å². The van der Waals surface area contributed by atoms with Gasteiger partial charge >= 0.3 is 6.18 Å². The second-order valence-electron chi connectivity index (χ2n) is 7.85. The van der Waals surface area contributed by atoms with E-state index in [4.69, 9.17) is 4.74 Å². The second kappa shape index (κ2) is 10.3. The maximum Gasteiger partial charge on any atom is 0.412 e. The number of aryl methyl sites for hydroxylation is 1. The Hall–Kier alpha value is -2.65. The van der Waals surface area contributed by atoms with Gasteiger partial charge in [0.25, 0.3) is 0 Å². The van der Waals surface area contributed by atoms with Gasteiger partial charge in [-0.3, -0.25) is 4.31 Å². The lowest BCUT2D eigenvalue weighted by Gasteiger charge is -2.28. The molecule has 0 bridgehead atoms. The summed E-state index contributed by atoms with van der Waals surface area (Å²) < 4.78 is 47.9. The molecule has 2 aromatic rings. The first-order chi connectivity index (χ1) is 16.3. The molecule has 0 N–H and O–H groups in total. The van der Waals surface area contributed by atoms with E-state index >= 15 is 0 Å². The lowest BCUT2D eigenvalue weighted by Crippen LogP contribution is -2.36. The van der Waals surface area contributed by atoms with Crippen molar-refractivity contribution in [2.24, 2.45) is 4.99 Å². The van der Waals surface area contributed by atoms with E-state index in [-0.39, 0.29) is 6.42 Å². The quantitative estimate of drug-likeness (QED) is 0.206. The number of benzene rings is 2. The van der Waals surface area contributed by atoms with Crippen molar-refractivity contribution in [1.29, 1.82) is 5.26 Å². The van der Waals surface area contributed by atoms with E-state index in [2.05, 4.69) is 26.2 Å². The Morgan fingerprint density at radius 3 is 2.35 bits per heavy atom. The van der Waals surface area contributed by atoms with Crippen molar-refractivity contribution in [2.75, 3.05) is 11.4 Å². The first-order valence-electron chi connectivity index (χ1n) is 10.4. The van der Waals surface area contributed by atoms with Crippen molar-refractivity contribution in [3.8, 4) is 17.7 Å². The van der Waals surface area contributed by atoms with Crippen molar-refractivity contribution in [2.45, 2.75) is 32.0 Å². The highest BCUT2D eigenvalue weighted by Gasteiger charge is 2.41. The Labute approximate surface area is 212 Å². The standard InChI is InChI=1S/C24H20F3IN4OS/c1-16-5-9-20(10-6-16)33-21-11-7-19(8-12-21)32-22(14-31(34-28)23(32)30-15-29)17-3-2-4-18(13-17)24(25,26)27/h3,5-13,22H,2,4,14H2,1H3. The van der Waals surface area contributed by atoms with Crippen molar-refractivity contribution in [3.63, 3.8) is 0 Å². The molecule has 2 aromatic carbocycles. The van der Waals surface area contributed by atoms with Gasteiger partial charge in [-0.2, -0.15) is 18.4 Å². The molecule has 10 heteroatoms. The maximum absolute atomic E-state index is 13.4. The summed E-state index contributed by atoms with van der Waals surface area (Å²) in [5.41, 5.74) is 1.87. The van der Waals surface area contributed by atoms with Crippen LogP contribution in [-0.4, -0.2) is 29.0 Å². The molecule has 0 radical (unpaired) electrons. The molecule has 2 aliphatic rings. The summed E-state index contributed by atoms with van der Waals surface area (Å²) in [7, 11) is 1.34. The molecule has 34 heavy (non-hydrogen) atoms. The van der Waals surface area contributed by atoms with Gasteiger partial charge in [0.2, 0.25) is 12.2 Å². The number of halogens is 4. The predicted molar refractivity (Wildman–Crippen MR) is 137 cm³/mol. The Bertz CT molecular complexity index is 1170. The number of alkyl halides is 3. The van der Waals surface area contributed by atoms with Gasteiger partial charge in [-0.05, 0) is 67.8 Å². The van der Waals surface area contributed by atoms with Gasteiger partial charge < -0.3 is 9.64 Å². The molecular weight excluding hydrogens is 576 g/mol. The van der Waals surface area contributed by atoms with E-state index in [1.807, 2.05) is 64.8 Å². The summed E-state index contributed by atoms with van der Waals surface area (Å²) in [5.74, 6) is 1.71. The summed E-state index contributed by atoms with van der Waals surface area (Å²) in [5, 5.41) is 9.28. The molecule has 5 nitrogen and oxygen atoms in total. The van der Waals surface area contributed by atoms with Crippen molar-refractivity contribution >= 4 is 42.0 Å². The largest absolute Gasteiger partial charge is 0.457 e. The number of ether oxygens (including phenoxy) is 1. The van der Waals surface area contributed by atoms with Crippen LogP contribution in [0.4, 0.5) is 18.9 Å². The minimum Gasteiger partial charge on any atom is -0.457 e. The SMILES string of the molecule is Cc1ccc(Oc2ccc(N3C(=NC#N)N(SI)CC3C3=CCCC(C(F)(F)F)=C3)cc2)cc1. The third-order valence-corrected chi connectivity index (χ3v) is 7.48. The van der Waals surface area contributed by atoms with Crippen molar-refractivity contribution < 1.29 is 17.9 Å². The van der Waals surface area contributed by atoms with E-state index < -0.39 is 17.8 Å². The molecule has 0 aromatic heterocycles. The Balaban J connectivity index is 1.66. The fourth-order valence-corrected chi connectivity index (χ4v) is 5.34. The summed E-state index contributed by atoms with van der Waals surface area (Å²) in [6.07, 6.45) is 0.826. The topological polar surface area (TPSA) is 51.9 Å². The Kier molecular flexibility index (Phi) is 7.42. The summed E-state index contributed by atoms with van der Waals surface area (Å²) in [6.45, 7) is 2.39. The zero-order valence-corrected chi connectivity index (χ0v) is 21.1. The molecule has 1 aliphatic carbocycles. The number of hydrogen-bond donors (Lipinski definition) is 0. The van der Waals surface area contributed by atoms with Crippen LogP contribution < -0.4 is 9.64 Å². The van der Waals surface area contributed by atoms with Crippen LogP contribution in [0.15, 0.2) is 76.8 Å². The fourth-order valence-electron chi connectivity index (χ4n) is 3.94. The van der Waals surface area contributed by atoms with E-state index in [1.165, 1.54) is 15.2 Å². The van der Waals surface area contributed by atoms with Gasteiger partial charge in [-0.1, -0.05) is 23.8 Å². The molecule has 176 valence electrons. The van der Waals surface area contributed by atoms with Gasteiger partial charge in [0.15, 0.2) is 0 Å². The number of anilines is 1. The first-order valence-corrected chi connectivity index (χ1v) is 13.8. The number of allylic oxidation sites excluding steroid dienone is 2. The van der Waals surface area contributed by atoms with Gasteiger partial charge in [0, 0.05) is 41.6 Å². The minimum absolute atomic E-state index is 0.0331. The average Bonchev–Trinajstić information content (AvgIpc) is 3.19. The molecule has 1 aliphatic heterocycles. The number of nitrogens with zero attached hydrogens (tertiary/aromatic N) is 4. The van der Waals surface area contributed by atoms with Gasteiger partial charge in [0.05, 0.1) is 12.6 Å². The molecule has 1 atom stereocenters. The summed E-state index contributed by atoms with van der Waals surface area (Å²) >= 11 is 2.08. The van der Waals surface area contributed by atoms with E-state index in [0.29, 0.717) is 41.7 Å². The Morgan fingerprint density at radius 2 is 1.76 bits per heavy atom. The molecule has 0 amide bonds. The molecule has 1 fully saturated rings. The van der Waals surface area contributed by atoms with E-state index in [9.17, 15) is 18.4 Å². The van der Waals surface area contributed by atoms with E-state index in [0.717, 1.165) is 5.56 Å². The van der Waals surface area contributed by atoms with Crippen molar-refractivity contribution in [1.82, 2.24) is 4.31 Å². The number of hydrogen-bond acceptors (Lipinski definition) is 4. The average molecular weight is 596 g/mol. The van der Waals surface area contributed by atoms with Crippen LogP contribution in [0.3, 0.4) is 0 Å². The molecular formula is C24H20F3IN4OS. The van der Waals surface area contributed by atoms with Crippen LogP contribution in [0.2, 0.25) is 0 Å². The number of nitriles is 1. The lowest BCUT2D eigenvalue weighted by atomic mass is 9.94. The second-order valence-corrected chi connectivity index (χ2v) is 9.61.